The molecule has 4 heteroatoms. The highest BCUT2D eigenvalue weighted by molar-refractivity contribution is 5.92. The van der Waals surface area contributed by atoms with E-state index in [1.165, 1.54) is 0 Å². The molecule has 0 aromatic rings. The third-order valence-electron chi connectivity index (χ3n) is 1.25. The maximum atomic E-state index is 10.7. The predicted octanol–water partition coefficient (Wildman–Crippen LogP) is 0.0885. The van der Waals surface area contributed by atoms with Gasteiger partial charge in [0.05, 0.1) is 12.2 Å². The van der Waals surface area contributed by atoms with Gasteiger partial charge in [-0.2, -0.15) is 0 Å². The van der Waals surface area contributed by atoms with Gasteiger partial charge in [-0.05, 0) is 13.3 Å². The van der Waals surface area contributed by atoms with Crippen LogP contribution >= 0.6 is 0 Å². The zero-order chi connectivity index (χ0) is 8.85. The Bertz CT molecular complexity index is 175. The highest BCUT2D eigenvalue weighted by atomic mass is 16.5. The predicted molar refractivity (Wildman–Crippen MR) is 42.3 cm³/mol. The minimum atomic E-state index is -0.515. The van der Waals surface area contributed by atoms with Crippen molar-refractivity contribution in [3.05, 3.63) is 11.5 Å². The number of carbonyl (C=O) groups excluding carboxylic acids is 1. The van der Waals surface area contributed by atoms with Crippen molar-refractivity contribution in [2.75, 3.05) is 6.61 Å². The Kier molecular flexibility index (Phi) is 4.10. The molecule has 0 fully saturated rings. The van der Waals surface area contributed by atoms with Crippen molar-refractivity contribution >= 4 is 5.91 Å². The summed E-state index contributed by atoms with van der Waals surface area (Å²) in [5, 5.41) is 0. The average Bonchev–Trinajstić information content (AvgIpc) is 1.88. The Balaban J connectivity index is 4.40. The van der Waals surface area contributed by atoms with Crippen molar-refractivity contribution in [1.82, 2.24) is 0 Å². The molecule has 0 saturated carbocycles. The largest absolute Gasteiger partial charge is 0.479 e. The van der Waals surface area contributed by atoms with Crippen molar-refractivity contribution in [1.29, 1.82) is 0 Å². The molecule has 0 aliphatic carbocycles. The normalized spacial score (nSPS) is 12.2. The first-order valence-electron chi connectivity index (χ1n) is 3.54. The van der Waals surface area contributed by atoms with E-state index in [2.05, 4.69) is 0 Å². The van der Waals surface area contributed by atoms with Crippen LogP contribution < -0.4 is 11.5 Å². The Morgan fingerprint density at radius 2 is 1.91 bits per heavy atom. The lowest BCUT2D eigenvalue weighted by Gasteiger charge is -2.06. The molecule has 1 amide bonds. The van der Waals surface area contributed by atoms with Crippen molar-refractivity contribution < 1.29 is 9.53 Å². The standard InChI is InChI=1S/C7H14N2O2/c1-3-5(6(8)10)7(9)11-4-2/h3-4,9H2,1-2H3,(H2,8,10)/b7-5-. The summed E-state index contributed by atoms with van der Waals surface area (Å²) in [5.74, 6) is -0.374. The van der Waals surface area contributed by atoms with Crippen LogP contribution in [0.25, 0.3) is 0 Å². The van der Waals surface area contributed by atoms with Crippen LogP contribution in [0.5, 0.6) is 0 Å². The van der Waals surface area contributed by atoms with Crippen LogP contribution in [0.3, 0.4) is 0 Å². The van der Waals surface area contributed by atoms with Gasteiger partial charge in [0.25, 0.3) is 0 Å². The second kappa shape index (κ2) is 4.60. The number of ether oxygens (including phenoxy) is 1. The highest BCUT2D eigenvalue weighted by Gasteiger charge is 2.07. The third kappa shape index (κ3) is 2.93. The fourth-order valence-corrected chi connectivity index (χ4v) is 0.713. The fourth-order valence-electron chi connectivity index (χ4n) is 0.713. The van der Waals surface area contributed by atoms with Crippen LogP contribution in [0.15, 0.2) is 11.5 Å². The molecule has 11 heavy (non-hydrogen) atoms. The van der Waals surface area contributed by atoms with E-state index in [4.69, 9.17) is 16.2 Å². The molecule has 0 unspecified atom stereocenters. The Morgan fingerprint density at radius 1 is 1.36 bits per heavy atom. The topological polar surface area (TPSA) is 78.3 Å². The van der Waals surface area contributed by atoms with Crippen LogP contribution in [-0.2, 0) is 9.53 Å². The van der Waals surface area contributed by atoms with Gasteiger partial charge in [0.1, 0.15) is 0 Å². The van der Waals surface area contributed by atoms with Crippen molar-refractivity contribution in [3.8, 4) is 0 Å². The van der Waals surface area contributed by atoms with Crippen molar-refractivity contribution in [3.63, 3.8) is 0 Å². The van der Waals surface area contributed by atoms with Crippen LogP contribution in [0.1, 0.15) is 20.3 Å². The molecule has 0 aromatic heterocycles. The second-order valence-electron chi connectivity index (χ2n) is 1.99. The summed E-state index contributed by atoms with van der Waals surface area (Å²) >= 11 is 0. The first-order chi connectivity index (χ1) is 5.13. The molecule has 0 saturated heterocycles. The Labute approximate surface area is 66.2 Å². The summed E-state index contributed by atoms with van der Waals surface area (Å²) in [6.07, 6.45) is 0.501. The molecule has 0 rings (SSSR count). The lowest BCUT2D eigenvalue weighted by molar-refractivity contribution is -0.114. The molecule has 4 nitrogen and oxygen atoms in total. The molecule has 0 bridgehead atoms. The zero-order valence-electron chi connectivity index (χ0n) is 6.89. The SMILES string of the molecule is CCO/C(N)=C(/CC)C(N)=O. The molecular formula is C7H14N2O2. The van der Waals surface area contributed by atoms with E-state index in [0.717, 1.165) is 0 Å². The number of carbonyl (C=O) groups is 1. The van der Waals surface area contributed by atoms with Gasteiger partial charge in [0.15, 0.2) is 5.88 Å². The molecule has 0 heterocycles. The minimum Gasteiger partial charge on any atom is -0.479 e. The monoisotopic (exact) mass is 158 g/mol. The molecule has 64 valence electrons. The molecule has 0 spiro atoms. The summed E-state index contributed by atoms with van der Waals surface area (Å²) in [7, 11) is 0. The molecule has 0 aliphatic rings. The van der Waals surface area contributed by atoms with E-state index >= 15 is 0 Å². The van der Waals surface area contributed by atoms with E-state index in [-0.39, 0.29) is 5.88 Å². The van der Waals surface area contributed by atoms with Crippen molar-refractivity contribution in [2.24, 2.45) is 11.5 Å². The van der Waals surface area contributed by atoms with Gasteiger partial charge >= 0.3 is 0 Å². The number of hydrogen-bond donors (Lipinski definition) is 2. The summed E-state index contributed by atoms with van der Waals surface area (Å²) in [6, 6.07) is 0. The molecule has 0 aromatic carbocycles. The fraction of sp³-hybridized carbons (Fsp3) is 0.571. The number of primary amides is 1. The smallest absolute Gasteiger partial charge is 0.249 e. The van der Waals surface area contributed by atoms with E-state index in [0.29, 0.717) is 18.6 Å². The highest BCUT2D eigenvalue weighted by Crippen LogP contribution is 2.03. The molecule has 0 atom stereocenters. The van der Waals surface area contributed by atoms with Gasteiger partial charge in [-0.3, -0.25) is 4.79 Å². The zero-order valence-corrected chi connectivity index (χ0v) is 6.89. The number of hydrogen-bond acceptors (Lipinski definition) is 3. The summed E-state index contributed by atoms with van der Waals surface area (Å²) in [5.41, 5.74) is 10.8. The number of nitrogens with two attached hydrogens (primary N) is 2. The molecular weight excluding hydrogens is 144 g/mol. The van der Waals surface area contributed by atoms with Crippen LogP contribution in [-0.4, -0.2) is 12.5 Å². The first-order valence-corrected chi connectivity index (χ1v) is 3.54. The Morgan fingerprint density at radius 3 is 2.18 bits per heavy atom. The quantitative estimate of drug-likeness (QED) is 0.449. The van der Waals surface area contributed by atoms with Gasteiger partial charge in [0, 0.05) is 0 Å². The van der Waals surface area contributed by atoms with Crippen LogP contribution in [0.2, 0.25) is 0 Å². The van der Waals surface area contributed by atoms with E-state index < -0.39 is 5.91 Å². The summed E-state index contributed by atoms with van der Waals surface area (Å²) < 4.78 is 4.91. The number of amides is 1. The second-order valence-corrected chi connectivity index (χ2v) is 1.99. The summed E-state index contributed by atoms with van der Waals surface area (Å²) in [6.45, 7) is 4.04. The lowest BCUT2D eigenvalue weighted by atomic mass is 10.2. The third-order valence-corrected chi connectivity index (χ3v) is 1.25. The maximum Gasteiger partial charge on any atom is 0.249 e. The van der Waals surface area contributed by atoms with Gasteiger partial charge in [-0.1, -0.05) is 6.92 Å². The summed E-state index contributed by atoms with van der Waals surface area (Å²) in [4.78, 5) is 10.7. The van der Waals surface area contributed by atoms with Gasteiger partial charge < -0.3 is 16.2 Å². The molecule has 0 radical (unpaired) electrons. The average molecular weight is 158 g/mol. The van der Waals surface area contributed by atoms with E-state index in [1.807, 2.05) is 0 Å². The molecule has 4 N–H and O–H groups in total. The van der Waals surface area contributed by atoms with Gasteiger partial charge in [-0.25, -0.2) is 0 Å². The van der Waals surface area contributed by atoms with E-state index in [9.17, 15) is 4.79 Å². The minimum absolute atomic E-state index is 0.141. The Hall–Kier alpha value is -1.19. The van der Waals surface area contributed by atoms with Gasteiger partial charge in [0.2, 0.25) is 5.91 Å². The van der Waals surface area contributed by atoms with E-state index in [1.54, 1.807) is 13.8 Å². The first kappa shape index (κ1) is 9.81. The molecule has 0 aliphatic heterocycles. The number of rotatable bonds is 4. The van der Waals surface area contributed by atoms with Crippen LogP contribution in [0, 0.1) is 0 Å². The van der Waals surface area contributed by atoms with Crippen molar-refractivity contribution in [2.45, 2.75) is 20.3 Å². The lowest BCUT2D eigenvalue weighted by Crippen LogP contribution is -2.19. The van der Waals surface area contributed by atoms with Crippen LogP contribution in [0.4, 0.5) is 0 Å². The maximum absolute atomic E-state index is 10.7. The van der Waals surface area contributed by atoms with Gasteiger partial charge in [-0.15, -0.1) is 0 Å².